The number of hydrogen-bond acceptors (Lipinski definition) is 9. The van der Waals surface area contributed by atoms with Crippen LogP contribution in [0.1, 0.15) is 38.5 Å². The molecule has 0 aromatic heterocycles. The van der Waals surface area contributed by atoms with Crippen LogP contribution in [-0.4, -0.2) is 120 Å². The second-order valence-electron chi connectivity index (χ2n) is 15.8. The van der Waals surface area contributed by atoms with E-state index in [1.54, 1.807) is 64.0 Å². The zero-order chi connectivity index (χ0) is 35.4. The van der Waals surface area contributed by atoms with Crippen LogP contribution in [0.4, 0.5) is 0 Å². The Morgan fingerprint density at radius 3 is 0.711 bits per heavy atom. The van der Waals surface area contributed by atoms with E-state index in [1.807, 2.05) is 0 Å². The van der Waals surface area contributed by atoms with Crippen molar-refractivity contribution in [3.63, 3.8) is 0 Å². The van der Waals surface area contributed by atoms with Crippen molar-refractivity contribution in [1.29, 1.82) is 0 Å². The lowest BCUT2D eigenvalue weighted by atomic mass is 9.77. The van der Waals surface area contributed by atoms with Gasteiger partial charge in [-0.15, -0.1) is 0 Å². The van der Waals surface area contributed by atoms with E-state index >= 15 is 0 Å². The van der Waals surface area contributed by atoms with E-state index in [-0.39, 0.29) is 5.41 Å². The Balaban J connectivity index is 7.24. The van der Waals surface area contributed by atoms with Crippen LogP contribution < -0.4 is 0 Å². The molecule has 45 heavy (non-hydrogen) atoms. The number of hydrogen-bond donors (Lipinski definition) is 0. The minimum Gasteiger partial charge on any atom is -0.377 e. The van der Waals surface area contributed by atoms with Crippen molar-refractivity contribution in [3.8, 4) is 0 Å². The van der Waals surface area contributed by atoms with Gasteiger partial charge in [0.15, 0.2) is 0 Å². The summed E-state index contributed by atoms with van der Waals surface area (Å²) in [7, 11) is 2.75. The molecule has 0 aromatic carbocycles. The highest BCUT2D eigenvalue weighted by molar-refractivity contribution is 7.89. The highest BCUT2D eigenvalue weighted by Gasteiger charge is 2.63. The molecule has 9 nitrogen and oxygen atoms in total. The topological polar surface area (TPSA) is 83.1 Å². The van der Waals surface area contributed by atoms with E-state index in [1.165, 1.54) is 6.04 Å². The van der Waals surface area contributed by atoms with Crippen molar-refractivity contribution >= 4 is 55.8 Å². The minimum atomic E-state index is -2.71. The summed E-state index contributed by atoms with van der Waals surface area (Å²) >= 11 is 0. The Morgan fingerprint density at radius 1 is 0.356 bits per heavy atom. The molecular weight excluding hydrogens is 689 g/mol. The Hall–Kier alpha value is 1.16. The quantitative estimate of drug-likeness (QED) is 0.0826. The first-order chi connectivity index (χ1) is 20.6. The third kappa shape index (κ3) is 11.6. The molecule has 272 valence electrons. The van der Waals surface area contributed by atoms with Gasteiger partial charge in [0.2, 0.25) is 0 Å². The molecule has 16 heteroatoms. The van der Waals surface area contributed by atoms with Crippen LogP contribution in [-0.2, 0) is 39.8 Å². The molecule has 0 fully saturated rings. The van der Waals surface area contributed by atoms with E-state index in [4.69, 9.17) is 39.8 Å². The van der Waals surface area contributed by atoms with Gasteiger partial charge in [-0.1, -0.05) is 65.0 Å². The Morgan fingerprint density at radius 2 is 0.556 bits per heavy atom. The van der Waals surface area contributed by atoms with Crippen LogP contribution in [0.15, 0.2) is 0 Å². The maximum atomic E-state index is 5.89. The molecule has 0 unspecified atom stereocenters. The van der Waals surface area contributed by atoms with Crippen LogP contribution in [0.3, 0.4) is 0 Å². The van der Waals surface area contributed by atoms with Crippen LogP contribution in [0.5, 0.6) is 0 Å². The average molecular weight is 764 g/mol. The fraction of sp³-hybridized carbons (Fsp3) is 1.00. The van der Waals surface area contributed by atoms with Crippen LogP contribution in [0, 0.1) is 5.41 Å². The van der Waals surface area contributed by atoms with Crippen LogP contribution in [0.2, 0.25) is 83.1 Å². The Labute approximate surface area is 285 Å². The third-order valence-electron chi connectivity index (χ3n) is 10.9. The van der Waals surface area contributed by atoms with Crippen LogP contribution in [0.25, 0.3) is 0 Å². The standard InChI is InChI=1S/C29H74O9Si7/c1-30-42(31-2,32-3)25-19-22-29(23-20-26-43(33-4,34-5)35-6,24-21-27-44(36-7,37-8)38-9)28-45(39(10,11)12,40(13,14)15)41(16,17)18/h19-28H2,1-18H3. The molecule has 0 aromatic rings. The van der Waals surface area contributed by atoms with Crippen molar-refractivity contribution in [2.24, 2.45) is 5.41 Å². The summed E-state index contributed by atoms with van der Waals surface area (Å²) in [6.07, 6.45) is 6.31. The Kier molecular flexibility index (Phi) is 19.4. The first-order valence-corrected chi connectivity index (χ1v) is 38.1. The molecule has 0 aliphatic heterocycles. The lowest BCUT2D eigenvalue weighted by molar-refractivity contribution is 0.115. The fourth-order valence-electron chi connectivity index (χ4n) is 9.08. The van der Waals surface area contributed by atoms with Gasteiger partial charge in [0.25, 0.3) is 0 Å². The largest absolute Gasteiger partial charge is 0.500 e. The highest BCUT2D eigenvalue weighted by Crippen LogP contribution is 2.52. The van der Waals surface area contributed by atoms with Gasteiger partial charge in [-0.05, 0) is 43.9 Å². The van der Waals surface area contributed by atoms with Gasteiger partial charge in [-0.3, -0.25) is 0 Å². The third-order valence-corrected chi connectivity index (χ3v) is 93.4. The predicted octanol–water partition coefficient (Wildman–Crippen LogP) is 7.65. The van der Waals surface area contributed by atoms with E-state index in [2.05, 4.69) is 58.9 Å². The summed E-state index contributed by atoms with van der Waals surface area (Å²) in [6.45, 7) is 22.6. The molecule has 0 amide bonds. The summed E-state index contributed by atoms with van der Waals surface area (Å²) in [4.78, 5) is 0. The smallest absolute Gasteiger partial charge is 0.377 e. The van der Waals surface area contributed by atoms with E-state index < -0.39 is 55.8 Å². The first kappa shape index (κ1) is 46.2. The summed E-state index contributed by atoms with van der Waals surface area (Å²) < 4.78 is 53.0. The zero-order valence-electron chi connectivity index (χ0n) is 32.7. The van der Waals surface area contributed by atoms with Crippen LogP contribution >= 0.6 is 0 Å². The SMILES string of the molecule is CO[Si](CCCC(CCC[Si](OC)(OC)OC)(CCC[Si](OC)(OC)OC)C[Si]([Si](C)(C)C)([Si](C)(C)C)[Si](C)(C)C)(OC)OC. The van der Waals surface area contributed by atoms with Crippen molar-refractivity contribution in [2.45, 2.75) is 122 Å². The average Bonchev–Trinajstić information content (AvgIpc) is 2.97. The zero-order valence-corrected chi connectivity index (χ0v) is 39.7. The van der Waals surface area contributed by atoms with E-state index in [0.29, 0.717) is 0 Å². The first-order valence-electron chi connectivity index (χ1n) is 16.6. The molecule has 0 rings (SSSR count). The van der Waals surface area contributed by atoms with Gasteiger partial charge in [0.1, 0.15) is 0 Å². The summed E-state index contributed by atoms with van der Waals surface area (Å²) in [5.41, 5.74) is 0.132. The lowest BCUT2D eigenvalue weighted by Crippen LogP contribution is -2.83. The monoisotopic (exact) mass is 762 g/mol. The van der Waals surface area contributed by atoms with Gasteiger partial charge < -0.3 is 39.8 Å². The predicted molar refractivity (Wildman–Crippen MR) is 205 cm³/mol. The van der Waals surface area contributed by atoms with Crippen molar-refractivity contribution in [2.75, 3.05) is 64.0 Å². The molecule has 0 atom stereocenters. The molecule has 0 aliphatic carbocycles. The van der Waals surface area contributed by atoms with E-state index in [0.717, 1.165) is 56.7 Å². The van der Waals surface area contributed by atoms with Gasteiger partial charge in [-0.2, -0.15) is 0 Å². The van der Waals surface area contributed by atoms with Crippen molar-refractivity contribution in [1.82, 2.24) is 0 Å². The van der Waals surface area contributed by atoms with Crippen molar-refractivity contribution in [3.05, 3.63) is 0 Å². The Bertz CT molecular complexity index is 695. The number of rotatable bonds is 26. The summed E-state index contributed by atoms with van der Waals surface area (Å²) in [5, 5.41) is 0. The molecule has 0 saturated carbocycles. The molecule has 0 bridgehead atoms. The van der Waals surface area contributed by atoms with E-state index in [9.17, 15) is 0 Å². The van der Waals surface area contributed by atoms with Crippen molar-refractivity contribution < 1.29 is 39.8 Å². The molecule has 0 saturated heterocycles. The maximum absolute atomic E-state index is 5.89. The van der Waals surface area contributed by atoms with Gasteiger partial charge >= 0.3 is 26.4 Å². The normalized spacial score (nSPS) is 14.8. The highest BCUT2D eigenvalue weighted by atomic mass is 29.9. The second kappa shape index (κ2) is 19.0. The lowest BCUT2D eigenvalue weighted by Gasteiger charge is -2.61. The van der Waals surface area contributed by atoms with Gasteiger partial charge in [0.05, 0.1) is 0 Å². The van der Waals surface area contributed by atoms with Gasteiger partial charge in [-0.25, -0.2) is 0 Å². The molecule has 0 aliphatic rings. The molecular formula is C29H74O9Si7. The molecule has 0 radical (unpaired) electrons. The minimum absolute atomic E-state index is 0.132. The molecule has 0 spiro atoms. The second-order valence-corrected chi connectivity index (χ2v) is 66.4. The molecule has 0 N–H and O–H groups in total. The fourth-order valence-corrected chi connectivity index (χ4v) is 113. The summed E-state index contributed by atoms with van der Waals surface area (Å²) in [6, 6.07) is 3.80. The molecule has 0 heterocycles. The summed E-state index contributed by atoms with van der Waals surface area (Å²) in [5.74, 6) is 0. The maximum Gasteiger partial charge on any atom is 0.500 e. The van der Waals surface area contributed by atoms with Gasteiger partial charge in [0, 0.05) is 112 Å².